The summed E-state index contributed by atoms with van der Waals surface area (Å²) in [6.45, 7) is 0.164. The molecule has 0 saturated carbocycles. The highest BCUT2D eigenvalue weighted by atomic mass is 16.3. The second kappa shape index (κ2) is 6.08. The quantitative estimate of drug-likeness (QED) is 0.358. The molecule has 5 nitrogen and oxygen atoms in total. The normalized spacial score (nSPS) is 17.2. The summed E-state index contributed by atoms with van der Waals surface area (Å²) < 4.78 is 0. The Balaban J connectivity index is 2.54. The number of aliphatic hydroxyl groups excluding tert-OH is 1. The second-order valence-electron chi connectivity index (χ2n) is 4.72. The molecule has 1 aliphatic carbocycles. The maximum Gasteiger partial charge on any atom is 0.0925 e. The van der Waals surface area contributed by atoms with Crippen LogP contribution >= 0.6 is 0 Å². The van der Waals surface area contributed by atoms with Crippen molar-refractivity contribution >= 4 is 6.21 Å². The molecule has 1 atom stereocenters. The van der Waals surface area contributed by atoms with Crippen LogP contribution < -0.4 is 0 Å². The van der Waals surface area contributed by atoms with E-state index < -0.39 is 5.41 Å². The van der Waals surface area contributed by atoms with E-state index in [1.54, 1.807) is 6.08 Å². The maximum absolute atomic E-state index is 9.49. The van der Waals surface area contributed by atoms with Crippen LogP contribution in [0.4, 0.5) is 0 Å². The molecule has 1 unspecified atom stereocenters. The van der Waals surface area contributed by atoms with Gasteiger partial charge < -0.3 is 10.5 Å². The van der Waals surface area contributed by atoms with E-state index in [1.165, 1.54) is 6.21 Å². The highest BCUT2D eigenvalue weighted by molar-refractivity contribution is 5.77. The molecule has 1 aromatic rings. The third kappa shape index (κ3) is 2.58. The minimum atomic E-state index is -0.731. The van der Waals surface area contributed by atoms with Crippen molar-refractivity contribution in [1.29, 1.82) is 5.41 Å². The van der Waals surface area contributed by atoms with E-state index in [4.69, 9.17) is 10.9 Å². The van der Waals surface area contributed by atoms with Gasteiger partial charge in [-0.05, 0) is 23.6 Å². The standard InChI is InChI=1S/C15H16N4O/c16-10-15(11-18-19-17,12-4-2-1-3-5-12)13-6-8-14(20)9-7-13/h1-6,8,10,16,20H,7,9,11H2. The van der Waals surface area contributed by atoms with Crippen molar-refractivity contribution in [2.24, 2.45) is 5.11 Å². The van der Waals surface area contributed by atoms with Gasteiger partial charge in [-0.2, -0.15) is 0 Å². The van der Waals surface area contributed by atoms with Gasteiger partial charge in [0.1, 0.15) is 0 Å². The summed E-state index contributed by atoms with van der Waals surface area (Å²) in [6.07, 6.45) is 6.00. The van der Waals surface area contributed by atoms with Crippen molar-refractivity contribution < 1.29 is 5.11 Å². The fourth-order valence-corrected chi connectivity index (χ4v) is 2.48. The molecule has 2 N–H and O–H groups in total. The first kappa shape index (κ1) is 13.9. The summed E-state index contributed by atoms with van der Waals surface area (Å²) in [4.78, 5) is 2.83. The van der Waals surface area contributed by atoms with Crippen molar-refractivity contribution in [3.05, 3.63) is 69.8 Å². The Morgan fingerprint density at radius 1 is 1.30 bits per heavy atom. The van der Waals surface area contributed by atoms with Gasteiger partial charge in [0.05, 0.1) is 11.2 Å². The molecule has 0 aliphatic heterocycles. The molecule has 0 amide bonds. The molecule has 0 aromatic heterocycles. The van der Waals surface area contributed by atoms with Crippen molar-refractivity contribution in [3.63, 3.8) is 0 Å². The molecule has 0 heterocycles. The van der Waals surface area contributed by atoms with Gasteiger partial charge in [0.15, 0.2) is 0 Å². The third-order valence-electron chi connectivity index (χ3n) is 3.62. The lowest BCUT2D eigenvalue weighted by atomic mass is 9.72. The Labute approximate surface area is 117 Å². The number of hydrogen-bond donors (Lipinski definition) is 2. The topological polar surface area (TPSA) is 92.8 Å². The molecule has 5 heteroatoms. The van der Waals surface area contributed by atoms with Gasteiger partial charge in [0, 0.05) is 24.1 Å². The average Bonchev–Trinajstić information content (AvgIpc) is 2.51. The van der Waals surface area contributed by atoms with E-state index in [0.29, 0.717) is 18.6 Å². The van der Waals surface area contributed by atoms with Gasteiger partial charge >= 0.3 is 0 Å². The molecule has 1 aromatic carbocycles. The number of aliphatic hydroxyl groups is 1. The molecule has 102 valence electrons. The van der Waals surface area contributed by atoms with E-state index in [-0.39, 0.29) is 6.54 Å². The zero-order chi connectivity index (χ0) is 14.4. The minimum Gasteiger partial charge on any atom is -0.512 e. The lowest BCUT2D eigenvalue weighted by Gasteiger charge is -2.33. The van der Waals surface area contributed by atoms with E-state index in [0.717, 1.165) is 11.1 Å². The van der Waals surface area contributed by atoms with Gasteiger partial charge in [-0.25, -0.2) is 0 Å². The Morgan fingerprint density at radius 2 is 2.05 bits per heavy atom. The van der Waals surface area contributed by atoms with Crippen LogP contribution in [0.1, 0.15) is 18.4 Å². The summed E-state index contributed by atoms with van der Waals surface area (Å²) in [5.74, 6) is 0.337. The van der Waals surface area contributed by atoms with Crippen LogP contribution in [0.3, 0.4) is 0 Å². The highest BCUT2D eigenvalue weighted by Crippen LogP contribution is 2.36. The number of nitrogens with zero attached hydrogens (tertiary/aromatic N) is 3. The van der Waals surface area contributed by atoms with Crippen molar-refractivity contribution in [2.45, 2.75) is 18.3 Å². The van der Waals surface area contributed by atoms with Gasteiger partial charge in [0.2, 0.25) is 0 Å². The van der Waals surface area contributed by atoms with Crippen molar-refractivity contribution in [1.82, 2.24) is 0 Å². The first-order valence-corrected chi connectivity index (χ1v) is 6.40. The van der Waals surface area contributed by atoms with Gasteiger partial charge in [-0.3, -0.25) is 0 Å². The van der Waals surface area contributed by atoms with E-state index in [2.05, 4.69) is 10.0 Å². The van der Waals surface area contributed by atoms with Gasteiger partial charge in [-0.15, -0.1) is 0 Å². The number of allylic oxidation sites excluding steroid dienone is 3. The fraction of sp³-hybridized carbons (Fsp3) is 0.267. The SMILES string of the molecule is [N-]=[N+]=NCC(C=N)(C1=CC=C(O)CC1)c1ccccc1. The molecule has 0 bridgehead atoms. The van der Waals surface area contributed by atoms with Crippen LogP contribution in [0.2, 0.25) is 0 Å². The van der Waals surface area contributed by atoms with Crippen LogP contribution in [0.25, 0.3) is 10.4 Å². The maximum atomic E-state index is 9.49. The van der Waals surface area contributed by atoms with Crippen LogP contribution in [0.5, 0.6) is 0 Å². The van der Waals surface area contributed by atoms with Crippen LogP contribution in [0.15, 0.2) is 58.9 Å². The molecule has 1 aliphatic rings. The minimum absolute atomic E-state index is 0.164. The smallest absolute Gasteiger partial charge is 0.0925 e. The van der Waals surface area contributed by atoms with Gasteiger partial charge in [-0.1, -0.05) is 47.1 Å². The largest absolute Gasteiger partial charge is 0.512 e. The Hall–Kier alpha value is -2.52. The number of azide groups is 1. The Morgan fingerprint density at radius 3 is 2.60 bits per heavy atom. The van der Waals surface area contributed by atoms with E-state index in [1.807, 2.05) is 36.4 Å². The molecular weight excluding hydrogens is 252 g/mol. The van der Waals surface area contributed by atoms with Crippen LogP contribution in [-0.4, -0.2) is 17.9 Å². The molecule has 2 rings (SSSR count). The molecule has 0 saturated heterocycles. The third-order valence-corrected chi connectivity index (χ3v) is 3.62. The molecule has 0 radical (unpaired) electrons. The fourth-order valence-electron chi connectivity index (χ4n) is 2.48. The average molecular weight is 268 g/mol. The van der Waals surface area contributed by atoms with Crippen LogP contribution in [0, 0.1) is 5.41 Å². The zero-order valence-corrected chi connectivity index (χ0v) is 11.0. The zero-order valence-electron chi connectivity index (χ0n) is 11.0. The van der Waals surface area contributed by atoms with E-state index in [9.17, 15) is 5.11 Å². The lowest BCUT2D eigenvalue weighted by molar-refractivity contribution is 0.382. The molecule has 20 heavy (non-hydrogen) atoms. The monoisotopic (exact) mass is 268 g/mol. The molecular formula is C15H16N4O. The predicted molar refractivity (Wildman–Crippen MR) is 78.9 cm³/mol. The summed E-state index contributed by atoms with van der Waals surface area (Å²) in [5.41, 5.74) is 9.79. The number of benzene rings is 1. The van der Waals surface area contributed by atoms with Crippen molar-refractivity contribution in [3.8, 4) is 0 Å². The van der Waals surface area contributed by atoms with E-state index >= 15 is 0 Å². The molecule has 0 fully saturated rings. The lowest BCUT2D eigenvalue weighted by Crippen LogP contribution is -2.34. The molecule has 0 spiro atoms. The Kier molecular flexibility index (Phi) is 4.23. The summed E-state index contributed by atoms with van der Waals surface area (Å²) in [6, 6.07) is 9.57. The van der Waals surface area contributed by atoms with Crippen molar-refractivity contribution in [2.75, 3.05) is 6.54 Å². The summed E-state index contributed by atoms with van der Waals surface area (Å²) in [5, 5.41) is 21.1. The first-order chi connectivity index (χ1) is 9.73. The number of nitrogens with one attached hydrogen (secondary N) is 1. The predicted octanol–water partition coefficient (Wildman–Crippen LogP) is 4.05. The Bertz CT molecular complexity index is 600. The summed E-state index contributed by atoms with van der Waals surface area (Å²) in [7, 11) is 0. The number of rotatable bonds is 5. The first-order valence-electron chi connectivity index (χ1n) is 6.40. The van der Waals surface area contributed by atoms with Crippen LogP contribution in [-0.2, 0) is 5.41 Å². The number of hydrogen-bond acceptors (Lipinski definition) is 3. The summed E-state index contributed by atoms with van der Waals surface area (Å²) >= 11 is 0. The van der Waals surface area contributed by atoms with Gasteiger partial charge in [0.25, 0.3) is 0 Å². The second-order valence-corrected chi connectivity index (χ2v) is 4.72. The highest BCUT2D eigenvalue weighted by Gasteiger charge is 2.34.